The maximum absolute atomic E-state index is 12.2. The van der Waals surface area contributed by atoms with Crippen LogP contribution in [0.25, 0.3) is 10.8 Å². The molecule has 3 nitrogen and oxygen atoms in total. The van der Waals surface area contributed by atoms with Crippen LogP contribution in [0, 0.1) is 0 Å². The molecular weight excluding hydrogens is 260 g/mol. The molecule has 0 N–H and O–H groups in total. The monoisotopic (exact) mass is 278 g/mol. The summed E-state index contributed by atoms with van der Waals surface area (Å²) in [4.78, 5) is 0.406. The van der Waals surface area contributed by atoms with Crippen molar-refractivity contribution >= 4 is 20.6 Å². The van der Waals surface area contributed by atoms with Gasteiger partial charge in [-0.15, -0.1) is 0 Å². The Hall–Kier alpha value is -1.39. The second kappa shape index (κ2) is 6.17. The number of ether oxygens (including phenoxy) is 1. The summed E-state index contributed by atoms with van der Waals surface area (Å²) in [7, 11) is -1.56. The molecule has 0 atom stereocenters. The van der Waals surface area contributed by atoms with Crippen molar-refractivity contribution in [2.75, 3.05) is 19.5 Å². The Morgan fingerprint density at radius 2 is 1.74 bits per heavy atom. The lowest BCUT2D eigenvalue weighted by Gasteiger charge is -2.06. The molecule has 0 spiro atoms. The topological polar surface area (TPSA) is 43.4 Å². The molecule has 2 rings (SSSR count). The molecule has 0 aliphatic carbocycles. The lowest BCUT2D eigenvalue weighted by atomic mass is 10.1. The summed E-state index contributed by atoms with van der Waals surface area (Å²) in [5.41, 5.74) is 0. The number of sulfone groups is 1. The van der Waals surface area contributed by atoms with Crippen LogP contribution in [0.2, 0.25) is 0 Å². The lowest BCUT2D eigenvalue weighted by molar-refractivity contribution is 0.194. The van der Waals surface area contributed by atoms with Crippen molar-refractivity contribution in [2.45, 2.75) is 17.7 Å². The molecule has 0 bridgehead atoms. The molecule has 0 unspecified atom stereocenters. The molecule has 19 heavy (non-hydrogen) atoms. The maximum atomic E-state index is 12.2. The van der Waals surface area contributed by atoms with Crippen LogP contribution >= 0.6 is 0 Å². The first kappa shape index (κ1) is 14.0. The minimum atomic E-state index is -3.19. The molecule has 0 heterocycles. The average Bonchev–Trinajstić information content (AvgIpc) is 2.43. The van der Waals surface area contributed by atoms with E-state index in [0.29, 0.717) is 17.9 Å². The van der Waals surface area contributed by atoms with Gasteiger partial charge < -0.3 is 4.74 Å². The second-order valence-electron chi connectivity index (χ2n) is 4.53. The van der Waals surface area contributed by atoms with Crippen molar-refractivity contribution in [2.24, 2.45) is 0 Å². The first-order chi connectivity index (χ1) is 9.13. The van der Waals surface area contributed by atoms with Gasteiger partial charge in [0, 0.05) is 13.7 Å². The molecular formula is C15H18O3S. The molecule has 4 heteroatoms. The van der Waals surface area contributed by atoms with E-state index >= 15 is 0 Å². The zero-order valence-corrected chi connectivity index (χ0v) is 11.8. The van der Waals surface area contributed by atoms with Crippen molar-refractivity contribution in [3.05, 3.63) is 42.5 Å². The van der Waals surface area contributed by atoms with Gasteiger partial charge in [0.05, 0.1) is 10.6 Å². The molecule has 0 aliphatic rings. The van der Waals surface area contributed by atoms with Crippen LogP contribution in [-0.4, -0.2) is 27.9 Å². The highest BCUT2D eigenvalue weighted by molar-refractivity contribution is 7.91. The van der Waals surface area contributed by atoms with Gasteiger partial charge in [0.15, 0.2) is 9.84 Å². The first-order valence-electron chi connectivity index (χ1n) is 6.34. The van der Waals surface area contributed by atoms with E-state index in [1.54, 1.807) is 19.2 Å². The van der Waals surface area contributed by atoms with Crippen molar-refractivity contribution in [1.82, 2.24) is 0 Å². The van der Waals surface area contributed by atoms with Gasteiger partial charge in [-0.3, -0.25) is 0 Å². The Kier molecular flexibility index (Phi) is 4.56. The largest absolute Gasteiger partial charge is 0.385 e. The summed E-state index contributed by atoms with van der Waals surface area (Å²) in [5.74, 6) is 0.175. The Morgan fingerprint density at radius 3 is 2.47 bits per heavy atom. The van der Waals surface area contributed by atoms with Gasteiger partial charge in [-0.2, -0.15) is 0 Å². The molecule has 0 saturated heterocycles. The van der Waals surface area contributed by atoms with Gasteiger partial charge in [0.25, 0.3) is 0 Å². The molecule has 2 aromatic rings. The Morgan fingerprint density at radius 1 is 1.00 bits per heavy atom. The Balaban J connectivity index is 2.18. The van der Waals surface area contributed by atoms with Crippen molar-refractivity contribution in [3.63, 3.8) is 0 Å². The fourth-order valence-electron chi connectivity index (χ4n) is 2.02. The molecule has 0 radical (unpaired) electrons. The summed E-state index contributed by atoms with van der Waals surface area (Å²) in [5, 5.41) is 2.02. The van der Waals surface area contributed by atoms with Crippen LogP contribution in [0.3, 0.4) is 0 Å². The zero-order valence-electron chi connectivity index (χ0n) is 11.0. The maximum Gasteiger partial charge on any atom is 0.178 e. The predicted octanol–water partition coefficient (Wildman–Crippen LogP) is 3.04. The van der Waals surface area contributed by atoms with E-state index < -0.39 is 9.84 Å². The van der Waals surface area contributed by atoms with E-state index in [9.17, 15) is 8.42 Å². The van der Waals surface area contributed by atoms with E-state index in [1.807, 2.05) is 30.3 Å². The number of hydrogen-bond acceptors (Lipinski definition) is 3. The van der Waals surface area contributed by atoms with Gasteiger partial charge >= 0.3 is 0 Å². The molecule has 0 fully saturated rings. The van der Waals surface area contributed by atoms with Gasteiger partial charge in [0.2, 0.25) is 0 Å². The van der Waals surface area contributed by atoms with Crippen LogP contribution in [0.5, 0.6) is 0 Å². The summed E-state index contributed by atoms with van der Waals surface area (Å²) < 4.78 is 29.3. The third-order valence-electron chi connectivity index (χ3n) is 3.09. The number of rotatable bonds is 6. The summed E-state index contributed by atoms with van der Waals surface area (Å²) in [6, 6.07) is 13.1. The zero-order chi connectivity index (χ0) is 13.7. The van der Waals surface area contributed by atoms with E-state index in [0.717, 1.165) is 17.2 Å². The summed E-state index contributed by atoms with van der Waals surface area (Å²) >= 11 is 0. The highest BCUT2D eigenvalue weighted by Gasteiger charge is 2.14. The summed E-state index contributed by atoms with van der Waals surface area (Å²) in [6.45, 7) is 0.604. The SMILES string of the molecule is COCCCCS(=O)(=O)c1ccc2ccccc2c1. The van der Waals surface area contributed by atoms with Crippen molar-refractivity contribution in [1.29, 1.82) is 0 Å². The molecule has 0 amide bonds. The first-order valence-corrected chi connectivity index (χ1v) is 7.99. The van der Waals surface area contributed by atoms with E-state index in [4.69, 9.17) is 4.74 Å². The van der Waals surface area contributed by atoms with Crippen molar-refractivity contribution < 1.29 is 13.2 Å². The van der Waals surface area contributed by atoms with Crippen LogP contribution < -0.4 is 0 Å². The number of methoxy groups -OCH3 is 1. The van der Waals surface area contributed by atoms with Crippen LogP contribution in [0.15, 0.2) is 47.4 Å². The lowest BCUT2D eigenvalue weighted by Crippen LogP contribution is -2.07. The quantitative estimate of drug-likeness (QED) is 0.763. The highest BCUT2D eigenvalue weighted by Crippen LogP contribution is 2.20. The van der Waals surface area contributed by atoms with Gasteiger partial charge in [-0.1, -0.05) is 30.3 Å². The standard InChI is InChI=1S/C15H18O3S/c1-18-10-4-5-11-19(16,17)15-9-8-13-6-2-3-7-14(13)12-15/h2-3,6-9,12H,4-5,10-11H2,1H3. The van der Waals surface area contributed by atoms with Crippen LogP contribution in [0.4, 0.5) is 0 Å². The fraction of sp³-hybridized carbons (Fsp3) is 0.333. The molecule has 0 aliphatic heterocycles. The van der Waals surface area contributed by atoms with E-state index in [1.165, 1.54) is 0 Å². The fourth-order valence-corrected chi connectivity index (χ4v) is 3.42. The van der Waals surface area contributed by atoms with Gasteiger partial charge in [-0.05, 0) is 35.7 Å². The van der Waals surface area contributed by atoms with Gasteiger partial charge in [-0.25, -0.2) is 8.42 Å². The number of fused-ring (bicyclic) bond motifs is 1. The third-order valence-corrected chi connectivity index (χ3v) is 4.89. The predicted molar refractivity (Wildman–Crippen MR) is 77.1 cm³/mol. The third kappa shape index (κ3) is 3.55. The number of hydrogen-bond donors (Lipinski definition) is 0. The summed E-state index contributed by atoms with van der Waals surface area (Å²) in [6.07, 6.45) is 1.40. The Labute approximate surface area is 114 Å². The van der Waals surface area contributed by atoms with Crippen LogP contribution in [0.1, 0.15) is 12.8 Å². The minimum absolute atomic E-state index is 0.175. The normalized spacial score (nSPS) is 11.8. The average molecular weight is 278 g/mol. The molecule has 0 aromatic heterocycles. The van der Waals surface area contributed by atoms with Crippen LogP contribution in [-0.2, 0) is 14.6 Å². The number of benzene rings is 2. The smallest absolute Gasteiger partial charge is 0.178 e. The minimum Gasteiger partial charge on any atom is -0.385 e. The highest BCUT2D eigenvalue weighted by atomic mass is 32.2. The molecule has 2 aromatic carbocycles. The van der Waals surface area contributed by atoms with E-state index in [-0.39, 0.29) is 5.75 Å². The Bertz CT molecular complexity index is 647. The molecule has 0 saturated carbocycles. The molecule has 102 valence electrons. The van der Waals surface area contributed by atoms with E-state index in [2.05, 4.69) is 0 Å². The van der Waals surface area contributed by atoms with Gasteiger partial charge in [0.1, 0.15) is 0 Å². The second-order valence-corrected chi connectivity index (χ2v) is 6.64. The van der Waals surface area contributed by atoms with Crippen molar-refractivity contribution in [3.8, 4) is 0 Å². The number of unbranched alkanes of at least 4 members (excludes halogenated alkanes) is 1.